The molecular weight excluding hydrogens is 344 g/mol. The van der Waals surface area contributed by atoms with E-state index in [2.05, 4.69) is 52.8 Å². The first-order valence-corrected chi connectivity index (χ1v) is 5.37. The highest BCUT2D eigenvalue weighted by Gasteiger charge is 2.17. The zero-order valence-electron chi connectivity index (χ0n) is 9.76. The fourth-order valence-corrected chi connectivity index (χ4v) is 1.68. The summed E-state index contributed by atoms with van der Waals surface area (Å²) < 4.78 is 4.40. The summed E-state index contributed by atoms with van der Waals surface area (Å²) in [5.74, 6) is 1.21. The van der Waals surface area contributed by atoms with Gasteiger partial charge in [-0.05, 0) is 6.07 Å². The van der Waals surface area contributed by atoms with Crippen LogP contribution in [0.25, 0.3) is 5.82 Å². The zero-order chi connectivity index (χ0) is 10.5. The molecule has 0 radical (unpaired) electrons. The van der Waals surface area contributed by atoms with Crippen LogP contribution >= 0.6 is 0 Å². The molecule has 2 heterocycles. The number of nitrogens with zero attached hydrogens (tertiary/aromatic N) is 2. The van der Waals surface area contributed by atoms with Crippen LogP contribution in [-0.2, 0) is 6.54 Å². The quantitative estimate of drug-likeness (QED) is 0.490. The van der Waals surface area contributed by atoms with Crippen LogP contribution in [0, 0.1) is 0 Å². The summed E-state index contributed by atoms with van der Waals surface area (Å²) in [4.78, 5) is 0. The van der Waals surface area contributed by atoms with Crippen LogP contribution in [0.1, 0.15) is 13.3 Å². The maximum Gasteiger partial charge on any atom is 0.449 e. The third-order valence-corrected chi connectivity index (χ3v) is 2.36. The number of aryl methyl sites for hydroxylation is 1. The molecule has 92 valence electrons. The Balaban J connectivity index is 0.00000128. The van der Waals surface area contributed by atoms with Gasteiger partial charge in [-0.1, -0.05) is 13.0 Å². The molecule has 0 saturated carbocycles. The first kappa shape index (κ1) is 16.3. The molecule has 4 heteroatoms. The van der Waals surface area contributed by atoms with E-state index < -0.39 is 0 Å². The van der Waals surface area contributed by atoms with Gasteiger partial charge in [0.25, 0.3) is 0 Å². The van der Waals surface area contributed by atoms with Crippen molar-refractivity contribution < 1.29 is 43.1 Å². The van der Waals surface area contributed by atoms with Crippen molar-refractivity contribution in [1.82, 2.24) is 0 Å². The average molecular weight is 360 g/mol. The summed E-state index contributed by atoms with van der Waals surface area (Å²) >= 11 is 0. The predicted molar refractivity (Wildman–Crippen MR) is 58.5 cm³/mol. The topological polar surface area (TPSA) is 7.76 Å². The van der Waals surface area contributed by atoms with E-state index in [0.717, 1.165) is 13.0 Å². The van der Waals surface area contributed by atoms with Crippen molar-refractivity contribution in [2.75, 3.05) is 0 Å². The number of pyridine rings is 2. The van der Waals surface area contributed by atoms with Gasteiger partial charge in [0, 0.05) is 24.6 Å². The molecule has 0 unspecified atom stereocenters. The lowest BCUT2D eigenvalue weighted by atomic mass is 10.4. The summed E-state index contributed by atoms with van der Waals surface area (Å²) in [6.45, 7) is 3.25. The minimum Gasteiger partial charge on any atom is -1.00 e. The van der Waals surface area contributed by atoms with Crippen LogP contribution in [0.2, 0.25) is 0 Å². The Bertz CT molecular complexity index is 432. The third-order valence-electron chi connectivity index (χ3n) is 2.36. The van der Waals surface area contributed by atoms with Gasteiger partial charge in [0.15, 0.2) is 25.1 Å². The molecule has 0 bridgehead atoms. The Morgan fingerprint density at radius 2 is 1.53 bits per heavy atom. The lowest BCUT2D eigenvalue weighted by molar-refractivity contribution is -0.792. The van der Waals surface area contributed by atoms with Gasteiger partial charge in [-0.2, -0.15) is 0 Å². The highest BCUT2D eigenvalue weighted by atomic mass is 79.9. The van der Waals surface area contributed by atoms with Gasteiger partial charge < -0.3 is 34.0 Å². The summed E-state index contributed by atoms with van der Waals surface area (Å²) in [6.07, 6.45) is 7.41. The molecule has 0 spiro atoms. The van der Waals surface area contributed by atoms with Crippen molar-refractivity contribution in [2.24, 2.45) is 0 Å². The highest BCUT2D eigenvalue weighted by Crippen LogP contribution is 1.92. The number of halogens is 2. The van der Waals surface area contributed by atoms with E-state index in [1.807, 2.05) is 18.2 Å². The van der Waals surface area contributed by atoms with Crippen molar-refractivity contribution in [3.05, 3.63) is 55.0 Å². The molecule has 0 aliphatic heterocycles. The first-order valence-electron chi connectivity index (χ1n) is 5.37. The molecule has 2 nitrogen and oxygen atoms in total. The van der Waals surface area contributed by atoms with Crippen LogP contribution in [0.5, 0.6) is 0 Å². The van der Waals surface area contributed by atoms with Crippen molar-refractivity contribution in [3.8, 4) is 5.82 Å². The van der Waals surface area contributed by atoms with E-state index in [4.69, 9.17) is 0 Å². The van der Waals surface area contributed by atoms with Crippen molar-refractivity contribution in [2.45, 2.75) is 19.9 Å². The first-order chi connectivity index (χ1) is 7.42. The van der Waals surface area contributed by atoms with E-state index in [-0.39, 0.29) is 34.0 Å². The molecular formula is C13H16Br2N2. The average Bonchev–Trinajstić information content (AvgIpc) is 2.31. The van der Waals surface area contributed by atoms with Crippen molar-refractivity contribution in [3.63, 3.8) is 0 Å². The minimum atomic E-state index is 0. The molecule has 0 atom stereocenters. The van der Waals surface area contributed by atoms with Gasteiger partial charge in [0.2, 0.25) is 0 Å². The fraction of sp³-hybridized carbons (Fsp3) is 0.231. The molecule has 2 aromatic heterocycles. The van der Waals surface area contributed by atoms with Crippen LogP contribution in [0.4, 0.5) is 0 Å². The summed E-state index contributed by atoms with van der Waals surface area (Å²) in [7, 11) is 0. The largest absolute Gasteiger partial charge is 1.00 e. The second-order valence-corrected chi connectivity index (χ2v) is 3.53. The van der Waals surface area contributed by atoms with Gasteiger partial charge in [-0.25, -0.2) is 0 Å². The monoisotopic (exact) mass is 358 g/mol. The Labute approximate surface area is 123 Å². The summed E-state index contributed by atoms with van der Waals surface area (Å²) in [5, 5.41) is 0. The molecule has 2 aromatic rings. The fourth-order valence-electron chi connectivity index (χ4n) is 1.68. The molecule has 0 aliphatic rings. The zero-order valence-corrected chi connectivity index (χ0v) is 12.9. The highest BCUT2D eigenvalue weighted by molar-refractivity contribution is 5.03. The summed E-state index contributed by atoms with van der Waals surface area (Å²) in [6, 6.07) is 12.4. The maximum atomic E-state index is 2.26. The Morgan fingerprint density at radius 3 is 2.18 bits per heavy atom. The van der Waals surface area contributed by atoms with Gasteiger partial charge in [0.1, 0.15) is 0 Å². The van der Waals surface area contributed by atoms with Crippen LogP contribution in [0.15, 0.2) is 55.0 Å². The molecule has 0 aliphatic carbocycles. The van der Waals surface area contributed by atoms with Crippen molar-refractivity contribution in [1.29, 1.82) is 0 Å². The number of rotatable bonds is 3. The molecule has 0 fully saturated rings. The standard InChI is InChI=1S/C13H16N2.2BrH/c1-2-9-14-12-7-4-8-13(14)15-10-5-3-6-11-15;;/h3-8,10-12H,2,9H2,1H3;2*1H/q+2;;/p-2. The molecule has 17 heavy (non-hydrogen) atoms. The van der Waals surface area contributed by atoms with Crippen LogP contribution < -0.4 is 43.1 Å². The smallest absolute Gasteiger partial charge is 0.449 e. The number of hydrogen-bond acceptors (Lipinski definition) is 0. The van der Waals surface area contributed by atoms with Crippen LogP contribution in [-0.4, -0.2) is 0 Å². The summed E-state index contributed by atoms with van der Waals surface area (Å²) in [5.41, 5.74) is 0. The van der Waals surface area contributed by atoms with Gasteiger partial charge >= 0.3 is 5.82 Å². The second-order valence-electron chi connectivity index (χ2n) is 3.53. The number of aromatic nitrogens is 2. The van der Waals surface area contributed by atoms with E-state index in [1.54, 1.807) is 0 Å². The van der Waals surface area contributed by atoms with E-state index in [9.17, 15) is 0 Å². The predicted octanol–water partition coefficient (Wildman–Crippen LogP) is -4.33. The van der Waals surface area contributed by atoms with Gasteiger partial charge in [0.05, 0.1) is 6.07 Å². The normalized spacial score (nSPS) is 9.00. The molecule has 0 amide bonds. The lowest BCUT2D eigenvalue weighted by Crippen LogP contribution is -3.00. The van der Waals surface area contributed by atoms with E-state index in [0.29, 0.717) is 0 Å². The second kappa shape index (κ2) is 8.37. The molecule has 0 N–H and O–H groups in total. The number of hydrogen-bond donors (Lipinski definition) is 0. The van der Waals surface area contributed by atoms with E-state index in [1.165, 1.54) is 5.82 Å². The maximum absolute atomic E-state index is 2.26. The van der Waals surface area contributed by atoms with E-state index >= 15 is 0 Å². The minimum absolute atomic E-state index is 0. The Hall–Kier alpha value is -0.740. The SMILES string of the molecule is CCC[n+]1ccccc1-[n+]1ccccc1.[Br-].[Br-]. The van der Waals surface area contributed by atoms with Gasteiger partial charge in [-0.15, -0.1) is 9.13 Å². The lowest BCUT2D eigenvalue weighted by Gasteiger charge is -1.96. The third kappa shape index (κ3) is 4.21. The van der Waals surface area contributed by atoms with Crippen LogP contribution in [0.3, 0.4) is 0 Å². The van der Waals surface area contributed by atoms with Gasteiger partial charge in [-0.3, -0.25) is 0 Å². The van der Waals surface area contributed by atoms with Crippen molar-refractivity contribution >= 4 is 0 Å². The molecule has 2 rings (SSSR count). The Kier molecular flexibility index (Phi) is 8.00. The molecule has 0 saturated heterocycles. The molecule has 0 aromatic carbocycles. The Morgan fingerprint density at radius 1 is 0.882 bits per heavy atom.